The molecule has 0 aliphatic carbocycles. The zero-order valence-corrected chi connectivity index (χ0v) is 18.0. The minimum Gasteiger partial charge on any atom is -0.375 e. The Morgan fingerprint density at radius 1 is 1.07 bits per heavy atom. The summed E-state index contributed by atoms with van der Waals surface area (Å²) in [6, 6.07) is 17.1. The molecular formula is C21H19N3O4S2. The van der Waals surface area contributed by atoms with Gasteiger partial charge < -0.3 is 4.52 Å². The van der Waals surface area contributed by atoms with Gasteiger partial charge in [-0.1, -0.05) is 30.3 Å². The Balaban J connectivity index is 1.58. The summed E-state index contributed by atoms with van der Waals surface area (Å²) in [7, 11) is -3.73. The molecule has 0 atom stereocenters. The predicted octanol–water partition coefficient (Wildman–Crippen LogP) is 4.00. The lowest BCUT2D eigenvalue weighted by Crippen LogP contribution is -2.15. The van der Waals surface area contributed by atoms with Gasteiger partial charge in [0.25, 0.3) is 15.6 Å². The third-order valence-electron chi connectivity index (χ3n) is 4.41. The van der Waals surface area contributed by atoms with Crippen molar-refractivity contribution >= 4 is 33.1 Å². The van der Waals surface area contributed by atoms with E-state index in [1.54, 1.807) is 56.3 Å². The number of fused-ring (bicyclic) bond motifs is 1. The lowest BCUT2D eigenvalue weighted by atomic mass is 10.2. The van der Waals surface area contributed by atoms with E-state index in [0.29, 0.717) is 34.1 Å². The molecule has 2 aromatic heterocycles. The summed E-state index contributed by atoms with van der Waals surface area (Å²) in [6.07, 6.45) is 0. The first-order valence-corrected chi connectivity index (χ1v) is 11.6. The standard InChI is InChI=1S/C21H19N3O4S2/c1-14-7-3-6-10-19(14)30(26,27)23-17-8-4-5-9-18(17)29-13-16-12-21(25)24-20(22-16)11-15(2)28-24/h3-12,23H,13H2,1-2H3. The first kappa shape index (κ1) is 20.2. The molecule has 0 spiro atoms. The van der Waals surface area contributed by atoms with Gasteiger partial charge in [0.15, 0.2) is 5.65 Å². The van der Waals surface area contributed by atoms with Crippen LogP contribution in [0.1, 0.15) is 17.0 Å². The number of aromatic nitrogens is 2. The van der Waals surface area contributed by atoms with Crippen molar-refractivity contribution in [2.75, 3.05) is 4.72 Å². The summed E-state index contributed by atoms with van der Waals surface area (Å²) in [5.41, 5.74) is 1.88. The molecule has 0 amide bonds. The maximum absolute atomic E-state index is 12.9. The molecule has 30 heavy (non-hydrogen) atoms. The van der Waals surface area contributed by atoms with Gasteiger partial charge in [-0.3, -0.25) is 9.52 Å². The van der Waals surface area contributed by atoms with Crippen molar-refractivity contribution in [1.29, 1.82) is 0 Å². The highest BCUT2D eigenvalue weighted by molar-refractivity contribution is 7.98. The van der Waals surface area contributed by atoms with Crippen LogP contribution in [0.3, 0.4) is 0 Å². The van der Waals surface area contributed by atoms with Crippen LogP contribution < -0.4 is 10.3 Å². The van der Waals surface area contributed by atoms with E-state index < -0.39 is 10.0 Å². The van der Waals surface area contributed by atoms with Crippen LogP contribution in [0.2, 0.25) is 0 Å². The van der Waals surface area contributed by atoms with Crippen molar-refractivity contribution in [1.82, 2.24) is 9.56 Å². The Labute approximate surface area is 177 Å². The van der Waals surface area contributed by atoms with Crippen molar-refractivity contribution in [3.63, 3.8) is 0 Å². The molecule has 1 N–H and O–H groups in total. The number of hydrogen-bond acceptors (Lipinski definition) is 6. The van der Waals surface area contributed by atoms with Gasteiger partial charge in [0, 0.05) is 22.8 Å². The van der Waals surface area contributed by atoms with Crippen molar-refractivity contribution in [3.05, 3.63) is 88.0 Å². The highest BCUT2D eigenvalue weighted by Crippen LogP contribution is 2.31. The monoisotopic (exact) mass is 441 g/mol. The van der Waals surface area contributed by atoms with E-state index in [1.807, 2.05) is 12.1 Å². The number of benzene rings is 2. The van der Waals surface area contributed by atoms with Crippen LogP contribution in [-0.4, -0.2) is 18.0 Å². The molecule has 2 heterocycles. The highest BCUT2D eigenvalue weighted by atomic mass is 32.2. The molecule has 9 heteroatoms. The van der Waals surface area contributed by atoms with E-state index in [4.69, 9.17) is 4.52 Å². The highest BCUT2D eigenvalue weighted by Gasteiger charge is 2.18. The van der Waals surface area contributed by atoms with Crippen LogP contribution in [0.4, 0.5) is 5.69 Å². The zero-order valence-electron chi connectivity index (χ0n) is 16.3. The van der Waals surface area contributed by atoms with Crippen LogP contribution in [0.25, 0.3) is 5.65 Å². The molecule has 0 fully saturated rings. The Morgan fingerprint density at radius 3 is 2.60 bits per heavy atom. The van der Waals surface area contributed by atoms with Gasteiger partial charge in [0.1, 0.15) is 5.76 Å². The third kappa shape index (κ3) is 4.12. The SMILES string of the molecule is Cc1cc2nc(CSc3ccccc3NS(=O)(=O)c3ccccc3C)cc(=O)n2o1. The smallest absolute Gasteiger partial charge is 0.287 e. The number of sulfonamides is 1. The number of rotatable bonds is 6. The molecule has 0 aliphatic heterocycles. The molecule has 4 rings (SSSR count). The molecule has 0 aliphatic rings. The minimum absolute atomic E-state index is 0.236. The van der Waals surface area contributed by atoms with Gasteiger partial charge in [-0.25, -0.2) is 13.4 Å². The van der Waals surface area contributed by atoms with E-state index in [0.717, 1.165) is 9.47 Å². The fourth-order valence-corrected chi connectivity index (χ4v) is 5.33. The van der Waals surface area contributed by atoms with Crippen LogP contribution in [0, 0.1) is 13.8 Å². The fourth-order valence-electron chi connectivity index (χ4n) is 3.03. The number of anilines is 1. The normalized spacial score (nSPS) is 11.7. The molecule has 0 bridgehead atoms. The lowest BCUT2D eigenvalue weighted by molar-refractivity contribution is 0.344. The van der Waals surface area contributed by atoms with Gasteiger partial charge in [-0.2, -0.15) is 0 Å². The summed E-state index contributed by atoms with van der Waals surface area (Å²) in [4.78, 5) is 17.6. The van der Waals surface area contributed by atoms with Crippen LogP contribution in [0.5, 0.6) is 0 Å². The lowest BCUT2D eigenvalue weighted by Gasteiger charge is -2.13. The molecule has 7 nitrogen and oxygen atoms in total. The van der Waals surface area contributed by atoms with Gasteiger partial charge in [0.2, 0.25) is 0 Å². The van der Waals surface area contributed by atoms with Crippen LogP contribution in [-0.2, 0) is 15.8 Å². The number of nitrogens with one attached hydrogen (secondary N) is 1. The topological polar surface area (TPSA) is 93.7 Å². The predicted molar refractivity (Wildman–Crippen MR) is 116 cm³/mol. The third-order valence-corrected chi connectivity index (χ3v) is 7.05. The summed E-state index contributed by atoms with van der Waals surface area (Å²) in [5, 5.41) is 0. The van der Waals surface area contributed by atoms with Gasteiger partial charge in [0.05, 0.1) is 16.3 Å². The summed E-state index contributed by atoms with van der Waals surface area (Å²) < 4.78 is 34.8. The van der Waals surface area contributed by atoms with E-state index in [1.165, 1.54) is 17.8 Å². The molecule has 0 saturated carbocycles. The molecular weight excluding hydrogens is 422 g/mol. The van der Waals surface area contributed by atoms with E-state index in [2.05, 4.69) is 9.71 Å². The van der Waals surface area contributed by atoms with E-state index >= 15 is 0 Å². The summed E-state index contributed by atoms with van der Waals surface area (Å²) in [5.74, 6) is 0.999. The first-order valence-electron chi connectivity index (χ1n) is 9.13. The Bertz CT molecular complexity index is 1390. The maximum Gasteiger partial charge on any atom is 0.287 e. The number of hydrogen-bond donors (Lipinski definition) is 1. The second-order valence-electron chi connectivity index (χ2n) is 6.74. The fraction of sp³-hybridized carbons (Fsp3) is 0.143. The number of thioether (sulfide) groups is 1. The molecule has 154 valence electrons. The van der Waals surface area contributed by atoms with Crippen LogP contribution >= 0.6 is 11.8 Å². The Morgan fingerprint density at radius 2 is 1.80 bits per heavy atom. The van der Waals surface area contributed by atoms with Crippen LogP contribution in [0.15, 0.2) is 79.8 Å². The second-order valence-corrected chi connectivity index (χ2v) is 9.41. The molecule has 0 unspecified atom stereocenters. The van der Waals surface area contributed by atoms with Crippen molar-refractivity contribution < 1.29 is 12.9 Å². The average Bonchev–Trinajstić information content (AvgIpc) is 3.08. The zero-order chi connectivity index (χ0) is 21.3. The number of nitrogens with zero attached hydrogens (tertiary/aromatic N) is 2. The maximum atomic E-state index is 12.9. The van der Waals surface area contributed by atoms with Gasteiger partial charge >= 0.3 is 0 Å². The van der Waals surface area contributed by atoms with E-state index in [9.17, 15) is 13.2 Å². The molecule has 4 aromatic rings. The van der Waals surface area contributed by atoms with Crippen molar-refractivity contribution in [2.24, 2.45) is 0 Å². The quantitative estimate of drug-likeness (QED) is 0.455. The van der Waals surface area contributed by atoms with E-state index in [-0.39, 0.29) is 10.5 Å². The summed E-state index contributed by atoms with van der Waals surface area (Å²) >= 11 is 1.40. The Kier molecular flexibility index (Phi) is 5.40. The molecule has 2 aromatic carbocycles. The second kappa shape index (κ2) is 8.00. The van der Waals surface area contributed by atoms with Crippen molar-refractivity contribution in [2.45, 2.75) is 29.4 Å². The number of aryl methyl sites for hydroxylation is 2. The Hall–Kier alpha value is -3.04. The molecule has 0 saturated heterocycles. The first-order chi connectivity index (χ1) is 14.3. The van der Waals surface area contributed by atoms with Gasteiger partial charge in [-0.15, -0.1) is 16.3 Å². The van der Waals surface area contributed by atoms with Gasteiger partial charge in [-0.05, 0) is 37.6 Å². The number of para-hydroxylation sites is 1. The minimum atomic E-state index is -3.73. The molecule has 0 radical (unpaired) electrons. The van der Waals surface area contributed by atoms with Crippen molar-refractivity contribution in [3.8, 4) is 0 Å². The largest absolute Gasteiger partial charge is 0.375 e. The summed E-state index contributed by atoms with van der Waals surface area (Å²) in [6.45, 7) is 3.51. The average molecular weight is 442 g/mol.